The Labute approximate surface area is 113 Å². The Balaban J connectivity index is 2.20. The maximum absolute atomic E-state index is 12.6. The molecule has 98 valence electrons. The molecule has 0 spiro atoms. The molecule has 18 heavy (non-hydrogen) atoms. The molecule has 0 saturated carbocycles. The van der Waals surface area contributed by atoms with E-state index in [1.54, 1.807) is 12.1 Å². The number of nitrogens with one attached hydrogen (secondary N) is 1. The predicted octanol–water partition coefficient (Wildman–Crippen LogP) is 2.55. The minimum absolute atomic E-state index is 0.0520. The standard InChI is InChI=1S/C14H19ClN2O/c1-2-9-17(11-7-8-16-10-11)14(18)12-5-3-4-6-13(12)15/h3-6,11,16H,2,7-10H2,1H3. The molecule has 0 radical (unpaired) electrons. The number of halogens is 1. The van der Waals surface area contributed by atoms with Gasteiger partial charge < -0.3 is 10.2 Å². The number of amides is 1. The van der Waals surface area contributed by atoms with Gasteiger partial charge in [0.25, 0.3) is 5.91 Å². The monoisotopic (exact) mass is 266 g/mol. The molecule has 0 aliphatic carbocycles. The lowest BCUT2D eigenvalue weighted by Crippen LogP contribution is -2.42. The fraction of sp³-hybridized carbons (Fsp3) is 0.500. The van der Waals surface area contributed by atoms with Crippen LogP contribution in [0, 0.1) is 0 Å². The van der Waals surface area contributed by atoms with Crippen molar-refractivity contribution >= 4 is 17.5 Å². The summed E-state index contributed by atoms with van der Waals surface area (Å²) in [5.74, 6) is 0.0520. The smallest absolute Gasteiger partial charge is 0.255 e. The molecule has 1 aromatic carbocycles. The molecule has 1 amide bonds. The zero-order valence-corrected chi connectivity index (χ0v) is 11.4. The van der Waals surface area contributed by atoms with Crippen LogP contribution in [0.3, 0.4) is 0 Å². The molecule has 1 N–H and O–H groups in total. The molecule has 1 atom stereocenters. The van der Waals surface area contributed by atoms with Crippen LogP contribution >= 0.6 is 11.6 Å². The quantitative estimate of drug-likeness (QED) is 0.908. The van der Waals surface area contributed by atoms with E-state index in [9.17, 15) is 4.79 Å². The second-order valence-corrected chi connectivity index (χ2v) is 5.03. The maximum Gasteiger partial charge on any atom is 0.255 e. The Morgan fingerprint density at radius 2 is 2.28 bits per heavy atom. The van der Waals surface area contributed by atoms with Crippen LogP contribution in [-0.2, 0) is 0 Å². The van der Waals surface area contributed by atoms with Crippen LogP contribution in [0.25, 0.3) is 0 Å². The van der Waals surface area contributed by atoms with Crippen molar-refractivity contribution in [2.24, 2.45) is 0 Å². The second-order valence-electron chi connectivity index (χ2n) is 4.63. The first kappa shape index (κ1) is 13.4. The summed E-state index contributed by atoms with van der Waals surface area (Å²) in [4.78, 5) is 14.5. The van der Waals surface area contributed by atoms with E-state index < -0.39 is 0 Å². The minimum atomic E-state index is 0.0520. The molecule has 4 heteroatoms. The van der Waals surface area contributed by atoms with Gasteiger partial charge in [-0.1, -0.05) is 30.7 Å². The highest BCUT2D eigenvalue weighted by Gasteiger charge is 2.27. The third-order valence-corrected chi connectivity index (χ3v) is 3.63. The van der Waals surface area contributed by atoms with E-state index in [1.807, 2.05) is 17.0 Å². The summed E-state index contributed by atoms with van der Waals surface area (Å²) in [6, 6.07) is 7.58. The van der Waals surface area contributed by atoms with E-state index in [2.05, 4.69) is 12.2 Å². The number of hydrogen-bond acceptors (Lipinski definition) is 2. The van der Waals surface area contributed by atoms with Crippen LogP contribution in [0.4, 0.5) is 0 Å². The summed E-state index contributed by atoms with van der Waals surface area (Å²) >= 11 is 6.11. The summed E-state index contributed by atoms with van der Waals surface area (Å²) in [7, 11) is 0. The third-order valence-electron chi connectivity index (χ3n) is 3.30. The molecular formula is C14H19ClN2O. The van der Waals surface area contributed by atoms with Gasteiger partial charge in [-0.2, -0.15) is 0 Å². The highest BCUT2D eigenvalue weighted by atomic mass is 35.5. The molecule has 1 aromatic rings. The minimum Gasteiger partial charge on any atom is -0.334 e. The molecule has 0 bridgehead atoms. The van der Waals surface area contributed by atoms with Crippen molar-refractivity contribution in [1.29, 1.82) is 0 Å². The molecule has 2 rings (SSSR count). The van der Waals surface area contributed by atoms with E-state index >= 15 is 0 Å². The summed E-state index contributed by atoms with van der Waals surface area (Å²) in [5, 5.41) is 3.84. The maximum atomic E-state index is 12.6. The molecule has 1 saturated heterocycles. The van der Waals surface area contributed by atoms with Crippen molar-refractivity contribution in [3.8, 4) is 0 Å². The van der Waals surface area contributed by atoms with E-state index in [1.165, 1.54) is 0 Å². The van der Waals surface area contributed by atoms with E-state index in [0.717, 1.165) is 32.5 Å². The van der Waals surface area contributed by atoms with Gasteiger partial charge in [0.05, 0.1) is 10.6 Å². The lowest BCUT2D eigenvalue weighted by Gasteiger charge is -2.28. The molecular weight excluding hydrogens is 248 g/mol. The summed E-state index contributed by atoms with van der Waals surface area (Å²) in [6.45, 7) is 4.75. The van der Waals surface area contributed by atoms with Crippen LogP contribution in [0.5, 0.6) is 0 Å². The van der Waals surface area contributed by atoms with Crippen LogP contribution in [0.2, 0.25) is 5.02 Å². The predicted molar refractivity (Wildman–Crippen MR) is 74.1 cm³/mol. The first-order valence-electron chi connectivity index (χ1n) is 6.50. The van der Waals surface area contributed by atoms with Crippen molar-refractivity contribution in [2.45, 2.75) is 25.8 Å². The van der Waals surface area contributed by atoms with Gasteiger partial charge in [-0.25, -0.2) is 0 Å². The Morgan fingerprint density at radius 1 is 1.50 bits per heavy atom. The summed E-state index contributed by atoms with van der Waals surface area (Å²) in [5.41, 5.74) is 0.611. The van der Waals surface area contributed by atoms with Gasteiger partial charge in [-0.3, -0.25) is 4.79 Å². The lowest BCUT2D eigenvalue weighted by molar-refractivity contribution is 0.0692. The average Bonchev–Trinajstić information content (AvgIpc) is 2.89. The van der Waals surface area contributed by atoms with Gasteiger partial charge in [-0.15, -0.1) is 0 Å². The summed E-state index contributed by atoms with van der Waals surface area (Å²) in [6.07, 6.45) is 1.99. The lowest BCUT2D eigenvalue weighted by atomic mass is 10.1. The van der Waals surface area contributed by atoms with Gasteiger partial charge in [0, 0.05) is 19.1 Å². The van der Waals surface area contributed by atoms with E-state index in [0.29, 0.717) is 16.6 Å². The number of carbonyl (C=O) groups is 1. The fourth-order valence-electron chi connectivity index (χ4n) is 2.39. The van der Waals surface area contributed by atoms with Crippen LogP contribution in [0.1, 0.15) is 30.1 Å². The SMILES string of the molecule is CCCN(C(=O)c1ccccc1Cl)C1CCNC1. The van der Waals surface area contributed by atoms with Crippen molar-refractivity contribution in [1.82, 2.24) is 10.2 Å². The van der Waals surface area contributed by atoms with Gasteiger partial charge in [-0.05, 0) is 31.5 Å². The Bertz CT molecular complexity index is 416. The number of nitrogens with zero attached hydrogens (tertiary/aromatic N) is 1. The molecule has 1 heterocycles. The van der Waals surface area contributed by atoms with Crippen LogP contribution < -0.4 is 5.32 Å². The molecule has 1 aliphatic heterocycles. The number of hydrogen-bond donors (Lipinski definition) is 1. The Hall–Kier alpha value is -1.06. The highest BCUT2D eigenvalue weighted by molar-refractivity contribution is 6.33. The molecule has 1 aliphatic rings. The van der Waals surface area contributed by atoms with E-state index in [4.69, 9.17) is 11.6 Å². The first-order chi connectivity index (χ1) is 8.74. The largest absolute Gasteiger partial charge is 0.334 e. The van der Waals surface area contributed by atoms with Gasteiger partial charge >= 0.3 is 0 Å². The summed E-state index contributed by atoms with van der Waals surface area (Å²) < 4.78 is 0. The van der Waals surface area contributed by atoms with Crippen molar-refractivity contribution in [2.75, 3.05) is 19.6 Å². The zero-order chi connectivity index (χ0) is 13.0. The molecule has 1 unspecified atom stereocenters. The van der Waals surface area contributed by atoms with Crippen LogP contribution in [-0.4, -0.2) is 36.5 Å². The second kappa shape index (κ2) is 6.21. The topological polar surface area (TPSA) is 32.3 Å². The first-order valence-corrected chi connectivity index (χ1v) is 6.88. The van der Waals surface area contributed by atoms with Gasteiger partial charge in [0.2, 0.25) is 0 Å². The third kappa shape index (κ3) is 2.85. The number of rotatable bonds is 4. The fourth-order valence-corrected chi connectivity index (χ4v) is 2.60. The zero-order valence-electron chi connectivity index (χ0n) is 10.7. The van der Waals surface area contributed by atoms with Crippen LogP contribution in [0.15, 0.2) is 24.3 Å². The van der Waals surface area contributed by atoms with E-state index in [-0.39, 0.29) is 5.91 Å². The van der Waals surface area contributed by atoms with Gasteiger partial charge in [0.1, 0.15) is 0 Å². The Kier molecular flexibility index (Phi) is 4.61. The van der Waals surface area contributed by atoms with Crippen molar-refractivity contribution in [3.63, 3.8) is 0 Å². The average molecular weight is 267 g/mol. The van der Waals surface area contributed by atoms with Crippen molar-refractivity contribution < 1.29 is 4.79 Å². The van der Waals surface area contributed by atoms with Crippen molar-refractivity contribution in [3.05, 3.63) is 34.9 Å². The number of carbonyl (C=O) groups excluding carboxylic acids is 1. The Morgan fingerprint density at radius 3 is 2.89 bits per heavy atom. The molecule has 0 aromatic heterocycles. The normalized spacial score (nSPS) is 18.9. The highest BCUT2D eigenvalue weighted by Crippen LogP contribution is 2.20. The number of benzene rings is 1. The molecule has 1 fully saturated rings. The van der Waals surface area contributed by atoms with Gasteiger partial charge in [0.15, 0.2) is 0 Å². The molecule has 3 nitrogen and oxygen atoms in total.